The monoisotopic (exact) mass is 402 g/mol. The molecule has 1 saturated heterocycles. The second kappa shape index (κ2) is 10.5. The van der Waals surface area contributed by atoms with Crippen molar-refractivity contribution in [2.75, 3.05) is 14.2 Å². The van der Waals surface area contributed by atoms with E-state index in [0.717, 1.165) is 11.1 Å². The predicted octanol–water partition coefficient (Wildman–Crippen LogP) is 2.06. The van der Waals surface area contributed by atoms with Gasteiger partial charge in [0.2, 0.25) is 0 Å². The topological polar surface area (TPSA) is 83.5 Å². The van der Waals surface area contributed by atoms with Crippen molar-refractivity contribution in [3.05, 3.63) is 71.8 Å². The standard InChI is InChI=1S/C22H26O7/c1-25-21(24)19-17(23)18(27-13-15-9-5-3-6-10-15)20(22(26-2)29-19)28-14-16-11-7-4-8-12-16/h3-12,17-20,22-23H,13-14H2,1-2H3/t17?,18-,19?,20-,22-/m0/s1. The third-order valence-electron chi connectivity index (χ3n) is 4.76. The van der Waals surface area contributed by atoms with Gasteiger partial charge in [-0.15, -0.1) is 0 Å². The Morgan fingerprint density at radius 1 is 0.897 bits per heavy atom. The summed E-state index contributed by atoms with van der Waals surface area (Å²) in [5.41, 5.74) is 1.88. The van der Waals surface area contributed by atoms with E-state index in [2.05, 4.69) is 0 Å². The van der Waals surface area contributed by atoms with E-state index in [9.17, 15) is 9.90 Å². The van der Waals surface area contributed by atoms with Crippen molar-refractivity contribution in [3.63, 3.8) is 0 Å². The Hall–Kier alpha value is -2.29. The van der Waals surface area contributed by atoms with Gasteiger partial charge in [-0.2, -0.15) is 0 Å². The minimum atomic E-state index is -1.28. The molecule has 2 aromatic rings. The second-order valence-corrected chi connectivity index (χ2v) is 6.70. The average Bonchev–Trinajstić information content (AvgIpc) is 2.77. The van der Waals surface area contributed by atoms with Gasteiger partial charge in [0.1, 0.15) is 18.3 Å². The number of carbonyl (C=O) groups is 1. The zero-order valence-corrected chi connectivity index (χ0v) is 16.5. The molecule has 2 unspecified atom stereocenters. The molecule has 7 nitrogen and oxygen atoms in total. The lowest BCUT2D eigenvalue weighted by atomic mass is 9.98. The van der Waals surface area contributed by atoms with E-state index in [1.54, 1.807) is 0 Å². The Bertz CT molecular complexity index is 752. The highest BCUT2D eigenvalue weighted by Gasteiger charge is 2.50. The average molecular weight is 402 g/mol. The number of hydrogen-bond acceptors (Lipinski definition) is 7. The van der Waals surface area contributed by atoms with E-state index in [1.165, 1.54) is 14.2 Å². The molecule has 0 spiro atoms. The first kappa shape index (κ1) is 21.4. The van der Waals surface area contributed by atoms with Crippen molar-refractivity contribution in [3.8, 4) is 0 Å². The van der Waals surface area contributed by atoms with Crippen molar-refractivity contribution in [2.45, 2.75) is 43.9 Å². The molecule has 0 aromatic heterocycles. The number of methoxy groups -OCH3 is 2. The van der Waals surface area contributed by atoms with E-state index in [4.69, 9.17) is 23.7 Å². The third kappa shape index (κ3) is 5.41. The van der Waals surface area contributed by atoms with Gasteiger partial charge in [-0.25, -0.2) is 4.79 Å². The number of rotatable bonds is 8. The van der Waals surface area contributed by atoms with Crippen LogP contribution in [0.3, 0.4) is 0 Å². The van der Waals surface area contributed by atoms with E-state index < -0.39 is 36.7 Å². The van der Waals surface area contributed by atoms with Crippen LogP contribution in [-0.2, 0) is 41.7 Å². The van der Waals surface area contributed by atoms with Crippen LogP contribution in [0.5, 0.6) is 0 Å². The molecule has 0 saturated carbocycles. The summed E-state index contributed by atoms with van der Waals surface area (Å²) < 4.78 is 27.8. The molecule has 2 aromatic carbocycles. The maximum Gasteiger partial charge on any atom is 0.337 e. The van der Waals surface area contributed by atoms with Crippen molar-refractivity contribution in [2.24, 2.45) is 0 Å². The molecular weight excluding hydrogens is 376 g/mol. The summed E-state index contributed by atoms with van der Waals surface area (Å²) in [6, 6.07) is 19.1. The minimum absolute atomic E-state index is 0.234. The SMILES string of the molecule is COC(=O)C1O[C@H](OC)[C@@H](OCc2ccccc2)[C@@H](OCc2ccccc2)C1O. The van der Waals surface area contributed by atoms with E-state index in [-0.39, 0.29) is 13.2 Å². The summed E-state index contributed by atoms with van der Waals surface area (Å²) in [5.74, 6) is -0.700. The molecule has 0 radical (unpaired) electrons. The summed E-state index contributed by atoms with van der Waals surface area (Å²) in [6.07, 6.45) is -5.03. The number of esters is 1. The highest BCUT2D eigenvalue weighted by atomic mass is 16.7. The van der Waals surface area contributed by atoms with Crippen LogP contribution in [0.25, 0.3) is 0 Å². The van der Waals surface area contributed by atoms with Gasteiger partial charge in [-0.1, -0.05) is 60.7 Å². The number of ether oxygens (including phenoxy) is 5. The summed E-state index contributed by atoms with van der Waals surface area (Å²) in [4.78, 5) is 12.1. The van der Waals surface area contributed by atoms with Crippen LogP contribution in [0.4, 0.5) is 0 Å². The smallest absolute Gasteiger partial charge is 0.337 e. The third-order valence-corrected chi connectivity index (χ3v) is 4.76. The van der Waals surface area contributed by atoms with Gasteiger partial charge in [-0.3, -0.25) is 0 Å². The van der Waals surface area contributed by atoms with E-state index in [0.29, 0.717) is 0 Å². The predicted molar refractivity (Wildman–Crippen MR) is 104 cm³/mol. The van der Waals surface area contributed by atoms with Crippen molar-refractivity contribution in [1.82, 2.24) is 0 Å². The highest BCUT2D eigenvalue weighted by molar-refractivity contribution is 5.75. The fraction of sp³-hybridized carbons (Fsp3) is 0.409. The summed E-state index contributed by atoms with van der Waals surface area (Å²) in [7, 11) is 2.68. The Labute approximate surface area is 170 Å². The van der Waals surface area contributed by atoms with Gasteiger partial charge < -0.3 is 28.8 Å². The van der Waals surface area contributed by atoms with Gasteiger partial charge in [-0.05, 0) is 11.1 Å². The molecule has 0 aliphatic carbocycles. The Morgan fingerprint density at radius 2 is 1.41 bits per heavy atom. The molecule has 0 amide bonds. The maximum absolute atomic E-state index is 12.1. The molecular formula is C22H26O7. The Morgan fingerprint density at radius 3 is 1.90 bits per heavy atom. The number of aliphatic hydroxyl groups is 1. The van der Waals surface area contributed by atoms with Gasteiger partial charge in [0.25, 0.3) is 0 Å². The second-order valence-electron chi connectivity index (χ2n) is 6.70. The van der Waals surface area contributed by atoms with Crippen LogP contribution in [0.15, 0.2) is 60.7 Å². The molecule has 3 rings (SSSR count). The van der Waals surface area contributed by atoms with Crippen molar-refractivity contribution >= 4 is 5.97 Å². The lowest BCUT2D eigenvalue weighted by Crippen LogP contribution is -2.61. The first-order valence-electron chi connectivity index (χ1n) is 9.39. The van der Waals surface area contributed by atoms with Crippen LogP contribution in [0.1, 0.15) is 11.1 Å². The number of hydrogen-bond donors (Lipinski definition) is 1. The quantitative estimate of drug-likeness (QED) is 0.677. The summed E-state index contributed by atoms with van der Waals surface area (Å²) in [5, 5.41) is 10.8. The zero-order chi connectivity index (χ0) is 20.6. The normalized spacial score (nSPS) is 26.8. The fourth-order valence-electron chi connectivity index (χ4n) is 3.22. The van der Waals surface area contributed by atoms with Crippen molar-refractivity contribution in [1.29, 1.82) is 0 Å². The molecule has 1 fully saturated rings. The Kier molecular flexibility index (Phi) is 7.74. The van der Waals surface area contributed by atoms with Crippen LogP contribution in [0.2, 0.25) is 0 Å². The molecule has 156 valence electrons. The molecule has 7 heteroatoms. The molecule has 5 atom stereocenters. The molecule has 0 bridgehead atoms. The highest BCUT2D eigenvalue weighted by Crippen LogP contribution is 2.28. The molecule has 1 N–H and O–H groups in total. The van der Waals surface area contributed by atoms with E-state index in [1.807, 2.05) is 60.7 Å². The first-order valence-corrected chi connectivity index (χ1v) is 9.39. The number of benzene rings is 2. The summed E-state index contributed by atoms with van der Waals surface area (Å²) in [6.45, 7) is 0.508. The number of carbonyl (C=O) groups excluding carboxylic acids is 1. The van der Waals surface area contributed by atoms with Gasteiger partial charge in [0.15, 0.2) is 12.4 Å². The lowest BCUT2D eigenvalue weighted by molar-refractivity contribution is -0.307. The van der Waals surface area contributed by atoms with Gasteiger partial charge >= 0.3 is 5.97 Å². The molecule has 29 heavy (non-hydrogen) atoms. The molecule has 1 aliphatic heterocycles. The fourth-order valence-corrected chi connectivity index (χ4v) is 3.22. The largest absolute Gasteiger partial charge is 0.467 e. The Balaban J connectivity index is 1.78. The summed E-state index contributed by atoms with van der Waals surface area (Å²) >= 11 is 0. The van der Waals surface area contributed by atoms with E-state index >= 15 is 0 Å². The van der Waals surface area contributed by atoms with Crippen LogP contribution in [0, 0.1) is 0 Å². The van der Waals surface area contributed by atoms with Gasteiger partial charge in [0, 0.05) is 7.11 Å². The van der Waals surface area contributed by atoms with Gasteiger partial charge in [0.05, 0.1) is 20.3 Å². The first-order chi connectivity index (χ1) is 14.1. The zero-order valence-electron chi connectivity index (χ0n) is 16.5. The lowest BCUT2D eigenvalue weighted by Gasteiger charge is -2.42. The maximum atomic E-state index is 12.1. The molecule has 1 aliphatic rings. The van der Waals surface area contributed by atoms with Crippen LogP contribution in [-0.4, -0.2) is 56.0 Å². The van der Waals surface area contributed by atoms with Crippen LogP contribution >= 0.6 is 0 Å². The van der Waals surface area contributed by atoms with Crippen LogP contribution < -0.4 is 0 Å². The minimum Gasteiger partial charge on any atom is -0.467 e. The van der Waals surface area contributed by atoms with Crippen molar-refractivity contribution < 1.29 is 33.6 Å². The molecule has 1 heterocycles. The number of aliphatic hydroxyl groups excluding tert-OH is 1.